The van der Waals surface area contributed by atoms with Crippen LogP contribution in [0.15, 0.2) is 0 Å². The molecule has 1 aliphatic rings. The number of aliphatic hydroxyl groups excluding tert-OH is 1. The maximum atomic E-state index is 9.07. The summed E-state index contributed by atoms with van der Waals surface area (Å²) in [6.45, 7) is 2.46. The Hall–Kier alpha value is -0.120. The lowest BCUT2D eigenvalue weighted by molar-refractivity contribution is 0.178. The Morgan fingerprint density at radius 2 is 2.17 bits per heavy atom. The molecular weight excluding hydrogens is 152 g/mol. The second-order valence-corrected chi connectivity index (χ2v) is 3.81. The van der Waals surface area contributed by atoms with Crippen LogP contribution in [0.5, 0.6) is 0 Å². The predicted octanol–water partition coefficient (Wildman–Crippen LogP) is 0.227. The maximum absolute atomic E-state index is 9.07. The first-order valence-electron chi connectivity index (χ1n) is 4.87. The molecule has 0 aromatic rings. The minimum atomic E-state index is -0.265. The fraction of sp³-hybridized carbons (Fsp3) is 1.00. The molecule has 3 unspecified atom stereocenters. The van der Waals surface area contributed by atoms with E-state index in [1.807, 2.05) is 0 Å². The van der Waals surface area contributed by atoms with E-state index in [2.05, 4.69) is 5.32 Å². The van der Waals surface area contributed by atoms with Gasteiger partial charge < -0.3 is 16.2 Å². The van der Waals surface area contributed by atoms with Gasteiger partial charge in [0, 0.05) is 18.6 Å². The topological polar surface area (TPSA) is 58.3 Å². The Morgan fingerprint density at radius 1 is 1.50 bits per heavy atom. The summed E-state index contributed by atoms with van der Waals surface area (Å²) in [6.07, 6.45) is 4.55. The summed E-state index contributed by atoms with van der Waals surface area (Å²) in [6, 6.07) is 0.714. The van der Waals surface area contributed by atoms with E-state index in [1.54, 1.807) is 6.92 Å². The predicted molar refractivity (Wildman–Crippen MR) is 49.9 cm³/mol. The first-order chi connectivity index (χ1) is 5.70. The van der Waals surface area contributed by atoms with Crippen molar-refractivity contribution in [3.8, 4) is 0 Å². The standard InChI is InChI=1S/C9H20N2O/c1-7(12)6-11-9-5-3-2-4-8(9)10/h7-9,11-12H,2-6,10H2,1H3. The van der Waals surface area contributed by atoms with Crippen molar-refractivity contribution in [3.63, 3.8) is 0 Å². The molecule has 0 bridgehead atoms. The largest absolute Gasteiger partial charge is 0.392 e. The molecule has 3 heteroatoms. The van der Waals surface area contributed by atoms with Crippen LogP contribution in [-0.4, -0.2) is 29.8 Å². The van der Waals surface area contributed by atoms with Crippen LogP contribution in [0.25, 0.3) is 0 Å². The van der Waals surface area contributed by atoms with Crippen molar-refractivity contribution >= 4 is 0 Å². The quantitative estimate of drug-likeness (QED) is 0.571. The Kier molecular flexibility index (Phi) is 3.98. The van der Waals surface area contributed by atoms with Crippen molar-refractivity contribution in [2.24, 2.45) is 5.73 Å². The summed E-state index contributed by atoms with van der Waals surface area (Å²) < 4.78 is 0. The van der Waals surface area contributed by atoms with Crippen LogP contribution in [0.1, 0.15) is 32.6 Å². The molecule has 0 spiro atoms. The van der Waals surface area contributed by atoms with Gasteiger partial charge in [0.15, 0.2) is 0 Å². The van der Waals surface area contributed by atoms with Crippen LogP contribution in [0.2, 0.25) is 0 Å². The van der Waals surface area contributed by atoms with Crippen LogP contribution >= 0.6 is 0 Å². The third-order valence-electron chi connectivity index (χ3n) is 2.49. The Morgan fingerprint density at radius 3 is 2.75 bits per heavy atom. The molecule has 72 valence electrons. The molecule has 3 nitrogen and oxygen atoms in total. The zero-order chi connectivity index (χ0) is 8.97. The number of rotatable bonds is 3. The molecule has 1 rings (SSSR count). The van der Waals surface area contributed by atoms with Gasteiger partial charge in [0.2, 0.25) is 0 Å². The minimum Gasteiger partial charge on any atom is -0.392 e. The average molecular weight is 172 g/mol. The number of aliphatic hydroxyl groups is 1. The van der Waals surface area contributed by atoms with Gasteiger partial charge in [-0.25, -0.2) is 0 Å². The molecule has 0 aromatic carbocycles. The van der Waals surface area contributed by atoms with Crippen molar-refractivity contribution in [1.29, 1.82) is 0 Å². The van der Waals surface area contributed by atoms with E-state index >= 15 is 0 Å². The molecule has 1 fully saturated rings. The lowest BCUT2D eigenvalue weighted by Crippen LogP contribution is -2.48. The third-order valence-corrected chi connectivity index (χ3v) is 2.49. The van der Waals surface area contributed by atoms with Gasteiger partial charge in [0.05, 0.1) is 6.10 Å². The zero-order valence-corrected chi connectivity index (χ0v) is 7.79. The zero-order valence-electron chi connectivity index (χ0n) is 7.79. The van der Waals surface area contributed by atoms with E-state index in [9.17, 15) is 0 Å². The van der Waals surface area contributed by atoms with Crippen molar-refractivity contribution in [2.75, 3.05) is 6.54 Å². The second-order valence-electron chi connectivity index (χ2n) is 3.81. The highest BCUT2D eigenvalue weighted by atomic mass is 16.3. The summed E-state index contributed by atoms with van der Waals surface area (Å²) in [4.78, 5) is 0. The van der Waals surface area contributed by atoms with Crippen molar-refractivity contribution in [1.82, 2.24) is 5.32 Å². The Balaban J connectivity index is 2.20. The van der Waals surface area contributed by atoms with Gasteiger partial charge in [-0.1, -0.05) is 12.8 Å². The molecule has 1 aliphatic carbocycles. The molecule has 12 heavy (non-hydrogen) atoms. The third kappa shape index (κ3) is 3.09. The molecule has 0 aliphatic heterocycles. The summed E-state index contributed by atoms with van der Waals surface area (Å²) >= 11 is 0. The lowest BCUT2D eigenvalue weighted by Gasteiger charge is -2.29. The maximum Gasteiger partial charge on any atom is 0.0636 e. The second kappa shape index (κ2) is 4.80. The van der Waals surface area contributed by atoms with E-state index in [-0.39, 0.29) is 12.1 Å². The first-order valence-corrected chi connectivity index (χ1v) is 4.87. The van der Waals surface area contributed by atoms with Gasteiger partial charge in [-0.05, 0) is 19.8 Å². The Bertz CT molecular complexity index is 128. The van der Waals surface area contributed by atoms with E-state index < -0.39 is 0 Å². The van der Waals surface area contributed by atoms with Crippen molar-refractivity contribution < 1.29 is 5.11 Å². The van der Waals surface area contributed by atoms with Crippen LogP contribution < -0.4 is 11.1 Å². The molecule has 0 amide bonds. The van der Waals surface area contributed by atoms with Gasteiger partial charge >= 0.3 is 0 Å². The van der Waals surface area contributed by atoms with Gasteiger partial charge in [-0.15, -0.1) is 0 Å². The van der Waals surface area contributed by atoms with E-state index in [1.165, 1.54) is 12.8 Å². The van der Waals surface area contributed by atoms with E-state index in [0.717, 1.165) is 12.8 Å². The molecule has 0 saturated heterocycles. The molecule has 4 N–H and O–H groups in total. The number of nitrogens with one attached hydrogen (secondary N) is 1. The van der Waals surface area contributed by atoms with Crippen molar-refractivity contribution in [3.05, 3.63) is 0 Å². The molecule has 0 heterocycles. The van der Waals surface area contributed by atoms with Crippen LogP contribution in [0.3, 0.4) is 0 Å². The van der Waals surface area contributed by atoms with E-state index in [0.29, 0.717) is 12.6 Å². The van der Waals surface area contributed by atoms with Crippen molar-refractivity contribution in [2.45, 2.75) is 50.8 Å². The monoisotopic (exact) mass is 172 g/mol. The fourth-order valence-corrected chi connectivity index (χ4v) is 1.73. The number of nitrogens with two attached hydrogens (primary N) is 1. The highest BCUT2D eigenvalue weighted by Crippen LogP contribution is 2.16. The summed E-state index contributed by atoms with van der Waals surface area (Å²) in [7, 11) is 0. The highest BCUT2D eigenvalue weighted by molar-refractivity contribution is 4.83. The molecule has 0 aromatic heterocycles. The average Bonchev–Trinajstić information content (AvgIpc) is 2.03. The first kappa shape index (κ1) is 9.96. The van der Waals surface area contributed by atoms with Gasteiger partial charge in [-0.3, -0.25) is 0 Å². The van der Waals surface area contributed by atoms with Gasteiger partial charge in [0.1, 0.15) is 0 Å². The smallest absolute Gasteiger partial charge is 0.0636 e. The molecule has 3 atom stereocenters. The molecule has 1 saturated carbocycles. The Labute approximate surface area is 74.3 Å². The normalized spacial score (nSPS) is 33.2. The van der Waals surface area contributed by atoms with Crippen LogP contribution in [-0.2, 0) is 0 Å². The lowest BCUT2D eigenvalue weighted by atomic mass is 9.91. The summed E-state index contributed by atoms with van der Waals surface area (Å²) in [5, 5.41) is 12.4. The highest BCUT2D eigenvalue weighted by Gasteiger charge is 2.20. The summed E-state index contributed by atoms with van der Waals surface area (Å²) in [5.74, 6) is 0. The van der Waals surface area contributed by atoms with Crippen LogP contribution in [0, 0.1) is 0 Å². The van der Waals surface area contributed by atoms with Crippen LogP contribution in [0.4, 0.5) is 0 Å². The number of hydrogen-bond donors (Lipinski definition) is 3. The van der Waals surface area contributed by atoms with Gasteiger partial charge in [0.25, 0.3) is 0 Å². The number of hydrogen-bond acceptors (Lipinski definition) is 3. The van der Waals surface area contributed by atoms with Gasteiger partial charge in [-0.2, -0.15) is 0 Å². The molecular formula is C9H20N2O. The fourth-order valence-electron chi connectivity index (χ4n) is 1.73. The minimum absolute atomic E-state index is 0.265. The van der Waals surface area contributed by atoms with E-state index in [4.69, 9.17) is 10.8 Å². The SMILES string of the molecule is CC(O)CNC1CCCCC1N. The summed E-state index contributed by atoms with van der Waals surface area (Å²) in [5.41, 5.74) is 5.92. The molecule has 0 radical (unpaired) electrons.